The molecular weight excluding hydrogens is 484 g/mol. The monoisotopic (exact) mass is 522 g/mol. The van der Waals surface area contributed by atoms with Crippen LogP contribution in [0.4, 0.5) is 0 Å². The van der Waals surface area contributed by atoms with E-state index >= 15 is 0 Å². The molecule has 194 valence electrons. The van der Waals surface area contributed by atoms with E-state index in [2.05, 4.69) is 38.9 Å². The zero-order chi connectivity index (χ0) is 25.7. The van der Waals surface area contributed by atoms with Crippen molar-refractivity contribution in [3.8, 4) is 11.3 Å². The fourth-order valence-corrected chi connectivity index (χ4v) is 3.94. The fourth-order valence-electron chi connectivity index (χ4n) is 3.79. The molecule has 0 atom stereocenters. The Bertz CT molecular complexity index is 1150. The summed E-state index contributed by atoms with van der Waals surface area (Å²) in [5.41, 5.74) is 4.31. The van der Waals surface area contributed by atoms with Crippen LogP contribution in [0.1, 0.15) is 70.8 Å². The first-order chi connectivity index (χ1) is 16.7. The third-order valence-corrected chi connectivity index (χ3v) is 6.77. The van der Waals surface area contributed by atoms with Crippen molar-refractivity contribution in [3.63, 3.8) is 0 Å². The average Bonchev–Trinajstić information content (AvgIpc) is 3.16. The molecule has 0 aliphatic carbocycles. The smallest absolute Gasteiger partial charge is 0.264 e. The number of nitrogens with zero attached hydrogens (tertiary/aromatic N) is 3. The molecule has 0 radical (unpaired) electrons. The Balaban J connectivity index is 0.000000641. The highest BCUT2D eigenvalue weighted by Gasteiger charge is 2.10. The predicted molar refractivity (Wildman–Crippen MR) is 145 cm³/mol. The van der Waals surface area contributed by atoms with Gasteiger partial charge in [0.05, 0.1) is 11.4 Å². The van der Waals surface area contributed by atoms with Crippen molar-refractivity contribution in [2.75, 3.05) is 12.3 Å². The van der Waals surface area contributed by atoms with Crippen LogP contribution in [0.2, 0.25) is 5.15 Å². The van der Waals surface area contributed by atoms with Gasteiger partial charge in [-0.1, -0.05) is 63.5 Å². The highest BCUT2D eigenvalue weighted by Crippen LogP contribution is 2.27. The quantitative estimate of drug-likeness (QED) is 0.153. The van der Waals surface area contributed by atoms with Gasteiger partial charge in [-0.2, -0.15) is 8.42 Å². The standard InChI is InChI=1S/C24H33ClN4.C2H6O3S/c1-3-4-5-6-7-8-9-10-13-26-16-19-14-21(18-27-17-19)22-15-20-11-12-23(25)28-24(20)29(22)2;1-2-6(3,4)5/h11-12,14-15,17-18,26H,3-10,13,16H2,1-2H3;2H2,1H3,(H,3,4,5). The third-order valence-electron chi connectivity index (χ3n) is 5.83. The Labute approximate surface area is 215 Å². The van der Waals surface area contributed by atoms with E-state index in [9.17, 15) is 8.42 Å². The van der Waals surface area contributed by atoms with Crippen LogP contribution in [0, 0.1) is 0 Å². The Morgan fingerprint density at radius 1 is 1.00 bits per heavy atom. The number of halogens is 1. The van der Waals surface area contributed by atoms with Crippen molar-refractivity contribution in [2.24, 2.45) is 7.05 Å². The van der Waals surface area contributed by atoms with Gasteiger partial charge in [0.15, 0.2) is 0 Å². The molecule has 0 unspecified atom stereocenters. The summed E-state index contributed by atoms with van der Waals surface area (Å²) in [6.45, 7) is 5.56. The number of aryl methyl sites for hydroxylation is 1. The molecule has 7 nitrogen and oxygen atoms in total. The van der Waals surface area contributed by atoms with E-state index in [4.69, 9.17) is 16.2 Å². The number of fused-ring (bicyclic) bond motifs is 1. The molecule has 0 saturated heterocycles. The van der Waals surface area contributed by atoms with Gasteiger partial charge < -0.3 is 9.88 Å². The number of aromatic nitrogens is 3. The van der Waals surface area contributed by atoms with Gasteiger partial charge in [-0.05, 0) is 49.7 Å². The molecule has 9 heteroatoms. The lowest BCUT2D eigenvalue weighted by atomic mass is 10.1. The summed E-state index contributed by atoms with van der Waals surface area (Å²) in [6.07, 6.45) is 14.7. The van der Waals surface area contributed by atoms with E-state index in [-0.39, 0.29) is 5.75 Å². The summed E-state index contributed by atoms with van der Waals surface area (Å²) >= 11 is 6.06. The van der Waals surface area contributed by atoms with Gasteiger partial charge in [0, 0.05) is 36.9 Å². The summed E-state index contributed by atoms with van der Waals surface area (Å²) in [7, 11) is -1.64. The van der Waals surface area contributed by atoms with Crippen LogP contribution in [-0.4, -0.2) is 39.8 Å². The van der Waals surface area contributed by atoms with Gasteiger partial charge >= 0.3 is 0 Å². The Hall–Kier alpha value is -2.00. The van der Waals surface area contributed by atoms with Crippen molar-refractivity contribution in [1.29, 1.82) is 0 Å². The molecule has 0 aromatic carbocycles. The second-order valence-electron chi connectivity index (χ2n) is 8.74. The number of hydrogen-bond acceptors (Lipinski definition) is 5. The highest BCUT2D eigenvalue weighted by molar-refractivity contribution is 7.85. The second kappa shape index (κ2) is 15.2. The molecule has 0 fully saturated rings. The molecule has 3 aromatic heterocycles. The zero-order valence-electron chi connectivity index (χ0n) is 21.1. The van der Waals surface area contributed by atoms with Gasteiger partial charge in [0.2, 0.25) is 0 Å². The molecular formula is C26H39ClN4O3S. The van der Waals surface area contributed by atoms with E-state index in [0.29, 0.717) is 5.15 Å². The van der Waals surface area contributed by atoms with E-state index in [1.165, 1.54) is 63.9 Å². The predicted octanol–water partition coefficient (Wildman–Crippen LogP) is 6.41. The lowest BCUT2D eigenvalue weighted by Gasteiger charge is -2.08. The molecule has 0 aliphatic heterocycles. The lowest BCUT2D eigenvalue weighted by molar-refractivity contribution is 0.484. The van der Waals surface area contributed by atoms with Crippen LogP contribution in [0.15, 0.2) is 36.7 Å². The third kappa shape index (κ3) is 10.7. The summed E-state index contributed by atoms with van der Waals surface area (Å²) in [4.78, 5) is 8.90. The van der Waals surface area contributed by atoms with Gasteiger partial charge in [-0.3, -0.25) is 9.54 Å². The summed E-state index contributed by atoms with van der Waals surface area (Å²) < 4.78 is 29.0. The molecule has 0 amide bonds. The molecule has 3 rings (SSSR count). The molecule has 0 saturated carbocycles. The second-order valence-corrected chi connectivity index (χ2v) is 10.9. The Morgan fingerprint density at radius 3 is 2.31 bits per heavy atom. The summed E-state index contributed by atoms with van der Waals surface area (Å²) in [5, 5.41) is 5.17. The average molecular weight is 523 g/mol. The van der Waals surface area contributed by atoms with Crippen LogP contribution in [0.5, 0.6) is 0 Å². The zero-order valence-corrected chi connectivity index (χ0v) is 22.7. The normalized spacial score (nSPS) is 11.5. The number of hydrogen-bond donors (Lipinski definition) is 2. The summed E-state index contributed by atoms with van der Waals surface area (Å²) in [5.74, 6) is -0.201. The number of rotatable bonds is 13. The minimum atomic E-state index is -3.66. The SMILES string of the molecule is CCCCCCCCCCNCc1cncc(-c2cc3ccc(Cl)nc3n2C)c1.CCS(=O)(=O)O. The first kappa shape index (κ1) is 29.2. The van der Waals surface area contributed by atoms with Gasteiger partial charge in [0.1, 0.15) is 10.8 Å². The van der Waals surface area contributed by atoms with Gasteiger partial charge in [-0.15, -0.1) is 0 Å². The van der Waals surface area contributed by atoms with Crippen LogP contribution < -0.4 is 5.32 Å². The molecule has 35 heavy (non-hydrogen) atoms. The maximum Gasteiger partial charge on any atom is 0.264 e. The van der Waals surface area contributed by atoms with Gasteiger partial charge in [0.25, 0.3) is 10.1 Å². The largest absolute Gasteiger partial charge is 0.328 e. The first-order valence-electron chi connectivity index (χ1n) is 12.5. The maximum absolute atomic E-state index is 9.56. The minimum absolute atomic E-state index is 0.201. The number of pyridine rings is 2. The van der Waals surface area contributed by atoms with Crippen LogP contribution in [-0.2, 0) is 23.7 Å². The van der Waals surface area contributed by atoms with Crippen molar-refractivity contribution >= 4 is 32.8 Å². The minimum Gasteiger partial charge on any atom is -0.328 e. The molecule has 0 aliphatic rings. The van der Waals surface area contributed by atoms with E-state index in [0.717, 1.165) is 35.4 Å². The fraction of sp³-hybridized carbons (Fsp3) is 0.538. The maximum atomic E-state index is 9.56. The van der Waals surface area contributed by atoms with E-state index in [1.54, 1.807) is 0 Å². The number of unbranched alkanes of at least 4 members (excludes halogenated alkanes) is 7. The van der Waals surface area contributed by atoms with Crippen molar-refractivity contribution in [2.45, 2.75) is 71.8 Å². The van der Waals surface area contributed by atoms with Crippen molar-refractivity contribution < 1.29 is 13.0 Å². The topological polar surface area (TPSA) is 97.1 Å². The number of nitrogens with one attached hydrogen (secondary N) is 1. The van der Waals surface area contributed by atoms with Crippen LogP contribution in [0.25, 0.3) is 22.3 Å². The van der Waals surface area contributed by atoms with Crippen LogP contribution >= 0.6 is 11.6 Å². The highest BCUT2D eigenvalue weighted by atomic mass is 35.5. The summed E-state index contributed by atoms with van der Waals surface area (Å²) in [6, 6.07) is 8.20. The first-order valence-corrected chi connectivity index (χ1v) is 14.5. The van der Waals surface area contributed by atoms with E-state index < -0.39 is 10.1 Å². The van der Waals surface area contributed by atoms with Crippen LogP contribution in [0.3, 0.4) is 0 Å². The van der Waals surface area contributed by atoms with Crippen molar-refractivity contribution in [3.05, 3.63) is 47.4 Å². The Kier molecular flexibility index (Phi) is 12.7. The molecule has 2 N–H and O–H groups in total. The lowest BCUT2D eigenvalue weighted by Crippen LogP contribution is -2.14. The van der Waals surface area contributed by atoms with E-state index in [1.807, 2.05) is 31.6 Å². The molecule has 0 spiro atoms. The molecule has 3 heterocycles. The molecule has 0 bridgehead atoms. The van der Waals surface area contributed by atoms with Gasteiger partial charge in [-0.25, -0.2) is 4.98 Å². The Morgan fingerprint density at radius 2 is 1.66 bits per heavy atom. The van der Waals surface area contributed by atoms with Crippen molar-refractivity contribution in [1.82, 2.24) is 19.9 Å². The molecule has 3 aromatic rings.